The van der Waals surface area contributed by atoms with E-state index in [1.807, 2.05) is 6.07 Å². The third-order valence-electron chi connectivity index (χ3n) is 13.2. The monoisotopic (exact) mass is 704 g/mol. The molecule has 2 heterocycles. The zero-order valence-electron chi connectivity index (χ0n) is 31.5. The molecule has 10 rings (SSSR count). The predicted molar refractivity (Wildman–Crippen MR) is 221 cm³/mol. The first kappa shape index (κ1) is 33.0. The molecule has 2 aliphatic heterocycles. The summed E-state index contributed by atoms with van der Waals surface area (Å²) in [6, 6.07) is 40.0. The van der Waals surface area contributed by atoms with Crippen LogP contribution in [-0.2, 0) is 21.2 Å². The highest BCUT2D eigenvalue weighted by molar-refractivity contribution is 6.08. The Hall–Kier alpha value is -5.63. The second-order valence-corrected chi connectivity index (χ2v) is 15.9. The molecule has 0 bridgehead atoms. The van der Waals surface area contributed by atoms with Crippen LogP contribution in [-0.4, -0.2) is 26.3 Å². The van der Waals surface area contributed by atoms with Crippen LogP contribution in [0.15, 0.2) is 115 Å². The summed E-state index contributed by atoms with van der Waals surface area (Å²) < 4.78 is 13.4. The summed E-state index contributed by atoms with van der Waals surface area (Å²) in [4.78, 5) is 6.27. The van der Waals surface area contributed by atoms with Crippen molar-refractivity contribution < 1.29 is 9.47 Å². The Balaban J connectivity index is 1.22. The lowest BCUT2D eigenvalue weighted by molar-refractivity contribution is 0.122. The second-order valence-electron chi connectivity index (χ2n) is 15.9. The highest BCUT2D eigenvalue weighted by Gasteiger charge is 2.47. The van der Waals surface area contributed by atoms with Crippen LogP contribution in [0, 0.1) is 6.57 Å². The van der Waals surface area contributed by atoms with E-state index in [-0.39, 0.29) is 10.8 Å². The Morgan fingerprint density at radius 3 is 2.15 bits per heavy atom. The van der Waals surface area contributed by atoms with E-state index < -0.39 is 5.60 Å². The first-order valence-electron chi connectivity index (χ1n) is 19.5. The van der Waals surface area contributed by atoms with E-state index in [1.54, 1.807) is 0 Å². The van der Waals surface area contributed by atoms with Crippen LogP contribution >= 0.6 is 0 Å². The van der Waals surface area contributed by atoms with E-state index in [1.165, 1.54) is 55.6 Å². The molecule has 0 spiro atoms. The van der Waals surface area contributed by atoms with E-state index in [9.17, 15) is 0 Å². The van der Waals surface area contributed by atoms with Gasteiger partial charge in [0, 0.05) is 51.7 Å². The zero-order valence-corrected chi connectivity index (χ0v) is 31.5. The van der Waals surface area contributed by atoms with Crippen molar-refractivity contribution in [2.75, 3.05) is 31.2 Å². The van der Waals surface area contributed by atoms with Gasteiger partial charge < -0.3 is 14.4 Å². The fourth-order valence-electron chi connectivity index (χ4n) is 10.4. The van der Waals surface area contributed by atoms with E-state index >= 15 is 0 Å². The number of anilines is 1. The summed E-state index contributed by atoms with van der Waals surface area (Å²) in [6.45, 7) is 20.4. The summed E-state index contributed by atoms with van der Waals surface area (Å²) in [6.07, 6.45) is 6.56. The Morgan fingerprint density at radius 1 is 0.704 bits per heavy atom. The molecule has 4 heteroatoms. The van der Waals surface area contributed by atoms with Crippen LogP contribution in [0.4, 0.5) is 11.4 Å². The van der Waals surface area contributed by atoms with Gasteiger partial charge in [0.2, 0.25) is 0 Å². The molecule has 0 N–H and O–H groups in total. The van der Waals surface area contributed by atoms with Gasteiger partial charge in [-0.25, -0.2) is 4.85 Å². The number of ether oxygens (including phenoxy) is 2. The smallest absolute Gasteiger partial charge is 0.187 e. The topological polar surface area (TPSA) is 26.1 Å². The molecular formula is C50H44N2O2. The SMILES string of the molecule is [C-]#[N+]c1ccc2c(c1)C(CC)(CC)c1c3c(c4ccccc4c1-2)OC(c1ccc(N2CCOCC2)cc1)(c1ccc2c(c1)C(C)(C)c1ccccc1-2)C=C3. The summed E-state index contributed by atoms with van der Waals surface area (Å²) >= 11 is 0. The fraction of sp³-hybridized carbons (Fsp3) is 0.260. The lowest BCUT2D eigenvalue weighted by Crippen LogP contribution is -2.37. The zero-order chi connectivity index (χ0) is 36.8. The van der Waals surface area contributed by atoms with Crippen LogP contribution in [0.2, 0.25) is 0 Å². The quantitative estimate of drug-likeness (QED) is 0.167. The maximum atomic E-state index is 7.87. The van der Waals surface area contributed by atoms with Crippen molar-refractivity contribution in [3.05, 3.63) is 166 Å². The predicted octanol–water partition coefficient (Wildman–Crippen LogP) is 12.0. The van der Waals surface area contributed by atoms with Crippen LogP contribution in [0.3, 0.4) is 0 Å². The lowest BCUT2D eigenvalue weighted by atomic mass is 9.71. The molecule has 2 aliphatic carbocycles. The van der Waals surface area contributed by atoms with E-state index in [4.69, 9.17) is 16.0 Å². The molecule has 1 fully saturated rings. The largest absolute Gasteiger partial charge is 0.472 e. The average molecular weight is 705 g/mol. The fourth-order valence-corrected chi connectivity index (χ4v) is 10.4. The van der Waals surface area contributed by atoms with Gasteiger partial charge >= 0.3 is 0 Å². The number of hydrogen-bond donors (Lipinski definition) is 0. The number of nitrogens with zero attached hydrogens (tertiary/aromatic N) is 2. The second kappa shape index (κ2) is 11.9. The van der Waals surface area contributed by atoms with Gasteiger partial charge in [-0.3, -0.25) is 0 Å². The maximum Gasteiger partial charge on any atom is 0.187 e. The number of hydrogen-bond acceptors (Lipinski definition) is 3. The third-order valence-corrected chi connectivity index (χ3v) is 13.2. The first-order chi connectivity index (χ1) is 26.3. The number of morpholine rings is 1. The number of rotatable bonds is 5. The van der Waals surface area contributed by atoms with Crippen LogP contribution in [0.25, 0.3) is 43.9 Å². The molecule has 0 radical (unpaired) electrons. The first-order valence-corrected chi connectivity index (χ1v) is 19.5. The van der Waals surface area contributed by atoms with Crippen LogP contribution in [0.1, 0.15) is 79.5 Å². The molecule has 54 heavy (non-hydrogen) atoms. The average Bonchev–Trinajstić information content (AvgIpc) is 3.66. The summed E-state index contributed by atoms with van der Waals surface area (Å²) in [5.74, 6) is 0.927. The minimum atomic E-state index is -0.878. The van der Waals surface area contributed by atoms with Gasteiger partial charge in [0.05, 0.1) is 19.8 Å². The lowest BCUT2D eigenvalue weighted by Gasteiger charge is -2.40. The van der Waals surface area contributed by atoms with Crippen molar-refractivity contribution in [2.24, 2.45) is 0 Å². The third kappa shape index (κ3) is 4.39. The van der Waals surface area contributed by atoms with Crippen molar-refractivity contribution in [1.82, 2.24) is 0 Å². The Labute approximate surface area is 318 Å². The minimum Gasteiger partial charge on any atom is -0.472 e. The van der Waals surface area contributed by atoms with Crippen molar-refractivity contribution in [2.45, 2.75) is 57.0 Å². The normalized spacial score (nSPS) is 19.6. The van der Waals surface area contributed by atoms with Crippen molar-refractivity contribution in [3.63, 3.8) is 0 Å². The Morgan fingerprint density at radius 2 is 1.39 bits per heavy atom. The summed E-state index contributed by atoms with van der Waals surface area (Å²) in [5.41, 5.74) is 14.4. The van der Waals surface area contributed by atoms with Gasteiger partial charge in [-0.2, -0.15) is 0 Å². The number of fused-ring (bicyclic) bond motifs is 11. The van der Waals surface area contributed by atoms with Gasteiger partial charge in [-0.1, -0.05) is 125 Å². The standard InChI is InChI=1S/C50H44N2O2/c1-6-49(7-2)44-31-34(51-5)19-23-40(44)45-38-13-8-9-14-39(38)47-41(46(45)49)24-25-50(54-47,32-16-20-35(21-17-32)52-26-28-53-29-27-52)33-18-22-37-36-12-10-11-15-42(36)48(3,4)43(37)30-33/h8-25,30-31H,6-7,26-29H2,1-4H3. The van der Waals surface area contributed by atoms with Crippen LogP contribution in [0.5, 0.6) is 5.75 Å². The van der Waals surface area contributed by atoms with E-state index in [0.717, 1.165) is 67.0 Å². The molecular weight excluding hydrogens is 661 g/mol. The van der Waals surface area contributed by atoms with Crippen molar-refractivity contribution in [1.29, 1.82) is 0 Å². The molecule has 4 aliphatic rings. The van der Waals surface area contributed by atoms with Crippen molar-refractivity contribution in [3.8, 4) is 28.0 Å². The van der Waals surface area contributed by atoms with E-state index in [2.05, 4.69) is 153 Å². The summed E-state index contributed by atoms with van der Waals surface area (Å²) in [5, 5.41) is 2.31. The highest BCUT2D eigenvalue weighted by atomic mass is 16.5. The molecule has 6 aromatic rings. The molecule has 266 valence electrons. The Bertz CT molecular complexity index is 2580. The van der Waals surface area contributed by atoms with Crippen LogP contribution < -0.4 is 9.64 Å². The molecule has 6 aromatic carbocycles. The molecule has 1 saturated heterocycles. The molecule has 0 saturated carbocycles. The molecule has 1 atom stereocenters. The van der Waals surface area contributed by atoms with Gasteiger partial charge in [0.25, 0.3) is 0 Å². The number of benzene rings is 6. The van der Waals surface area contributed by atoms with Gasteiger partial charge in [0.1, 0.15) is 5.75 Å². The van der Waals surface area contributed by atoms with Crippen molar-refractivity contribution >= 4 is 28.2 Å². The van der Waals surface area contributed by atoms with Gasteiger partial charge in [0.15, 0.2) is 11.3 Å². The summed E-state index contributed by atoms with van der Waals surface area (Å²) in [7, 11) is 0. The minimum absolute atomic E-state index is 0.148. The maximum absolute atomic E-state index is 7.87. The van der Waals surface area contributed by atoms with Gasteiger partial charge in [-0.15, -0.1) is 0 Å². The van der Waals surface area contributed by atoms with E-state index in [0.29, 0.717) is 5.69 Å². The Kier molecular flexibility index (Phi) is 7.29. The highest BCUT2D eigenvalue weighted by Crippen LogP contribution is 2.61. The molecule has 0 amide bonds. The molecule has 4 nitrogen and oxygen atoms in total. The van der Waals surface area contributed by atoms with Gasteiger partial charge in [-0.05, 0) is 87.0 Å². The molecule has 0 aromatic heterocycles. The molecule has 1 unspecified atom stereocenters.